The fourth-order valence-electron chi connectivity index (χ4n) is 3.82. The fraction of sp³-hybridized carbons (Fsp3) is 0.346. The minimum atomic E-state index is -5.26. The molecule has 0 aromatic heterocycles. The van der Waals surface area contributed by atoms with E-state index in [0.29, 0.717) is 12.1 Å². The van der Waals surface area contributed by atoms with Crippen molar-refractivity contribution in [2.45, 2.75) is 37.8 Å². The highest BCUT2D eigenvalue weighted by Crippen LogP contribution is 2.42. The minimum absolute atomic E-state index is 0.0323. The molecule has 41 heavy (non-hydrogen) atoms. The smallest absolute Gasteiger partial charge is 0.294 e. The lowest BCUT2D eigenvalue weighted by molar-refractivity contribution is -0.140. The normalized spacial score (nSPS) is 15.4. The van der Waals surface area contributed by atoms with E-state index in [1.807, 2.05) is 0 Å². The Bertz CT molecular complexity index is 1320. The Morgan fingerprint density at radius 2 is 1.56 bits per heavy atom. The molecule has 0 aliphatic carbocycles. The Labute approximate surface area is 240 Å². The average molecular weight is 657 g/mol. The molecule has 2 aromatic carbocycles. The van der Waals surface area contributed by atoms with E-state index in [-0.39, 0.29) is 27.8 Å². The minimum Gasteiger partial charge on any atom is -0.294 e. The summed E-state index contributed by atoms with van der Waals surface area (Å²) >= 11 is 11.9. The van der Waals surface area contributed by atoms with Crippen molar-refractivity contribution in [2.75, 3.05) is 11.5 Å². The summed E-state index contributed by atoms with van der Waals surface area (Å²) < 4.78 is 147. The van der Waals surface area contributed by atoms with Crippen LogP contribution in [0.2, 0.25) is 10.0 Å². The maximum atomic E-state index is 15.0. The predicted molar refractivity (Wildman–Crippen MR) is 138 cm³/mol. The summed E-state index contributed by atoms with van der Waals surface area (Å²) in [6.45, 7) is 4.63. The SMILES string of the molecule is C=Cc1c(Cl)cc(C(/C=C(\F)c2ccc(C(=O)C[C@H](C)CS(=O)CC(F)(F)F)c(C(F)(F)F)c2)C(F)(F)F)cc1Cl. The van der Waals surface area contributed by atoms with Crippen LogP contribution in [0, 0.1) is 5.92 Å². The summed E-state index contributed by atoms with van der Waals surface area (Å²) in [5.41, 5.74) is -4.07. The highest BCUT2D eigenvalue weighted by atomic mass is 35.5. The number of hydrogen-bond donors (Lipinski definition) is 0. The maximum Gasteiger partial charge on any atom is 0.417 e. The van der Waals surface area contributed by atoms with Crippen LogP contribution in [0.4, 0.5) is 43.9 Å². The van der Waals surface area contributed by atoms with Gasteiger partial charge >= 0.3 is 18.5 Å². The number of carbonyl (C=O) groups is 1. The number of hydrogen-bond acceptors (Lipinski definition) is 2. The third-order valence-electron chi connectivity index (χ3n) is 5.56. The molecular weight excluding hydrogens is 637 g/mol. The number of allylic oxidation sites excluding steroid dienone is 1. The summed E-state index contributed by atoms with van der Waals surface area (Å²) in [7, 11) is -2.43. The Balaban J connectivity index is 2.46. The molecule has 0 bridgehead atoms. The third-order valence-corrected chi connectivity index (χ3v) is 7.78. The van der Waals surface area contributed by atoms with Crippen molar-refractivity contribution in [1.82, 2.24) is 0 Å². The van der Waals surface area contributed by atoms with Gasteiger partial charge in [-0.15, -0.1) is 0 Å². The topological polar surface area (TPSA) is 34.1 Å². The zero-order chi connectivity index (χ0) is 31.5. The van der Waals surface area contributed by atoms with E-state index < -0.39 is 93.0 Å². The van der Waals surface area contributed by atoms with Gasteiger partial charge in [0, 0.05) is 49.7 Å². The van der Waals surface area contributed by atoms with Crippen molar-refractivity contribution < 1.29 is 52.9 Å². The standard InChI is InChI=1S/C26H20Cl2F10O2S/c1-3-16-20(27)8-15(9-21(16)28)18(25(33,34)35)10-22(29)14-4-5-17(19(7-14)26(36,37)38)23(39)6-13(2)11-41(40)12-24(30,31)32/h3-5,7-10,13,18H,1,6,11-12H2,2H3/b22-10-/t13-,18?,41?/m0/s1. The van der Waals surface area contributed by atoms with Gasteiger partial charge in [-0.2, -0.15) is 39.5 Å². The van der Waals surface area contributed by atoms with E-state index in [1.54, 1.807) is 0 Å². The Morgan fingerprint density at radius 1 is 1.00 bits per heavy atom. The molecule has 0 amide bonds. The van der Waals surface area contributed by atoms with Gasteiger partial charge in [0.05, 0.1) is 5.56 Å². The maximum absolute atomic E-state index is 15.0. The highest BCUT2D eigenvalue weighted by molar-refractivity contribution is 7.85. The van der Waals surface area contributed by atoms with Crippen LogP contribution in [-0.4, -0.2) is 33.9 Å². The third kappa shape index (κ3) is 9.85. The molecule has 0 saturated carbocycles. The van der Waals surface area contributed by atoms with E-state index >= 15 is 4.39 Å². The van der Waals surface area contributed by atoms with E-state index in [0.717, 1.165) is 12.1 Å². The van der Waals surface area contributed by atoms with Crippen LogP contribution >= 0.6 is 23.2 Å². The van der Waals surface area contributed by atoms with Crippen molar-refractivity contribution in [2.24, 2.45) is 5.92 Å². The van der Waals surface area contributed by atoms with Gasteiger partial charge in [-0.3, -0.25) is 9.00 Å². The molecule has 0 N–H and O–H groups in total. The lowest BCUT2D eigenvalue weighted by Crippen LogP contribution is -2.24. The van der Waals surface area contributed by atoms with Gasteiger partial charge in [0.2, 0.25) is 0 Å². The quantitative estimate of drug-likeness (QED) is 0.188. The molecular formula is C26H20Cl2F10O2S. The van der Waals surface area contributed by atoms with Crippen molar-refractivity contribution in [1.29, 1.82) is 0 Å². The van der Waals surface area contributed by atoms with Gasteiger partial charge in [0.1, 0.15) is 17.5 Å². The second kappa shape index (κ2) is 13.3. The van der Waals surface area contributed by atoms with E-state index in [2.05, 4.69) is 6.58 Å². The van der Waals surface area contributed by atoms with Crippen molar-refractivity contribution in [3.63, 3.8) is 0 Å². The molecule has 2 rings (SSSR count). The largest absolute Gasteiger partial charge is 0.417 e. The molecule has 0 fully saturated rings. The highest BCUT2D eigenvalue weighted by Gasteiger charge is 2.41. The number of halogens is 12. The second-order valence-corrected chi connectivity index (χ2v) is 11.3. The summed E-state index contributed by atoms with van der Waals surface area (Å²) in [6, 6.07) is 3.09. The molecule has 0 saturated heterocycles. The van der Waals surface area contributed by atoms with E-state index in [1.165, 1.54) is 13.0 Å². The Kier molecular flexibility index (Phi) is 11.3. The molecule has 0 aliphatic rings. The van der Waals surface area contributed by atoms with Gasteiger partial charge in [-0.25, -0.2) is 4.39 Å². The number of alkyl halides is 9. The Morgan fingerprint density at radius 3 is 2.02 bits per heavy atom. The van der Waals surface area contributed by atoms with Crippen LogP contribution in [-0.2, 0) is 17.0 Å². The van der Waals surface area contributed by atoms with Gasteiger partial charge < -0.3 is 0 Å². The van der Waals surface area contributed by atoms with E-state index in [9.17, 15) is 48.5 Å². The van der Waals surface area contributed by atoms with Crippen LogP contribution in [0.1, 0.15) is 51.9 Å². The molecule has 0 spiro atoms. The molecule has 226 valence electrons. The number of carbonyl (C=O) groups excluding carboxylic acids is 1. The summed E-state index contributed by atoms with van der Waals surface area (Å²) in [5, 5.41) is -0.464. The van der Waals surface area contributed by atoms with Crippen molar-refractivity contribution >= 4 is 51.7 Å². The molecule has 2 aromatic rings. The number of rotatable bonds is 10. The van der Waals surface area contributed by atoms with Crippen LogP contribution in [0.3, 0.4) is 0 Å². The molecule has 2 unspecified atom stereocenters. The lowest BCUT2D eigenvalue weighted by atomic mass is 9.93. The first-order chi connectivity index (χ1) is 18.6. The number of Topliss-reactive ketones (excluding diaryl/α,β-unsaturated/α-hetero) is 1. The lowest BCUT2D eigenvalue weighted by Gasteiger charge is -2.20. The molecule has 0 radical (unpaired) electrons. The number of ketones is 1. The average Bonchev–Trinajstić information content (AvgIpc) is 2.78. The number of benzene rings is 2. The van der Waals surface area contributed by atoms with Gasteiger partial charge in [0.15, 0.2) is 5.78 Å². The summed E-state index contributed by atoms with van der Waals surface area (Å²) in [4.78, 5) is 12.6. The summed E-state index contributed by atoms with van der Waals surface area (Å²) in [5.74, 6) is -8.86. The van der Waals surface area contributed by atoms with Gasteiger partial charge in [0.25, 0.3) is 0 Å². The zero-order valence-corrected chi connectivity index (χ0v) is 23.1. The van der Waals surface area contributed by atoms with Crippen LogP contribution in [0.15, 0.2) is 43.0 Å². The van der Waals surface area contributed by atoms with Gasteiger partial charge in [-0.05, 0) is 35.8 Å². The van der Waals surface area contributed by atoms with Crippen LogP contribution in [0.5, 0.6) is 0 Å². The fourth-order valence-corrected chi connectivity index (χ4v) is 5.71. The summed E-state index contributed by atoms with van der Waals surface area (Å²) in [6.07, 6.45) is -14.6. The monoisotopic (exact) mass is 656 g/mol. The first-order valence-electron chi connectivity index (χ1n) is 11.4. The van der Waals surface area contributed by atoms with Crippen LogP contribution in [0.25, 0.3) is 11.9 Å². The zero-order valence-electron chi connectivity index (χ0n) is 20.8. The first kappa shape index (κ1) is 34.8. The van der Waals surface area contributed by atoms with Crippen LogP contribution < -0.4 is 0 Å². The first-order valence-corrected chi connectivity index (χ1v) is 13.6. The van der Waals surface area contributed by atoms with Gasteiger partial charge in [-0.1, -0.05) is 54.9 Å². The molecule has 2 nitrogen and oxygen atoms in total. The van der Waals surface area contributed by atoms with E-state index in [4.69, 9.17) is 23.2 Å². The predicted octanol–water partition coefficient (Wildman–Crippen LogP) is 9.83. The van der Waals surface area contributed by atoms with Crippen molar-refractivity contribution in [3.05, 3.63) is 80.8 Å². The molecule has 3 atom stereocenters. The molecule has 0 heterocycles. The molecule has 0 aliphatic heterocycles. The second-order valence-electron chi connectivity index (χ2n) is 8.99. The Hall–Kier alpha value is -2.38. The van der Waals surface area contributed by atoms with Crippen molar-refractivity contribution in [3.8, 4) is 0 Å². The molecule has 15 heteroatoms.